The molecule has 1 aliphatic rings. The van der Waals surface area contributed by atoms with E-state index in [1.165, 1.54) is 12.8 Å². The number of aliphatic hydroxyl groups excluding tert-OH is 1. The first-order valence-electron chi connectivity index (χ1n) is 7.65. The lowest BCUT2D eigenvalue weighted by molar-refractivity contribution is -0.136. The van der Waals surface area contributed by atoms with Crippen LogP contribution in [0.4, 0.5) is 0 Å². The maximum atomic E-state index is 12.0. The van der Waals surface area contributed by atoms with Crippen molar-refractivity contribution in [1.82, 2.24) is 5.32 Å². The molecule has 0 spiro atoms. The van der Waals surface area contributed by atoms with Crippen LogP contribution in [0.2, 0.25) is 0 Å². The first-order valence-corrected chi connectivity index (χ1v) is 7.65. The highest BCUT2D eigenvalue weighted by Gasteiger charge is 2.24. The number of carbonyl (C=O) groups excluding carboxylic acids is 1. The monoisotopic (exact) mass is 271 g/mol. The fourth-order valence-corrected chi connectivity index (χ4v) is 2.39. The zero-order valence-electron chi connectivity index (χ0n) is 12.5. The molecule has 1 aliphatic carbocycles. The first-order chi connectivity index (χ1) is 9.04. The topological polar surface area (TPSA) is 58.6 Å². The van der Waals surface area contributed by atoms with E-state index in [1.54, 1.807) is 0 Å². The molecule has 2 atom stereocenters. The Balaban J connectivity index is 2.25. The predicted molar refractivity (Wildman–Crippen MR) is 75.9 cm³/mol. The third-order valence-corrected chi connectivity index (χ3v) is 3.83. The van der Waals surface area contributed by atoms with Gasteiger partial charge in [0.15, 0.2) is 0 Å². The van der Waals surface area contributed by atoms with Crippen LogP contribution in [0.1, 0.15) is 59.3 Å². The van der Waals surface area contributed by atoms with Gasteiger partial charge in [-0.2, -0.15) is 0 Å². The van der Waals surface area contributed by atoms with Gasteiger partial charge in [-0.1, -0.05) is 33.6 Å². The van der Waals surface area contributed by atoms with Crippen molar-refractivity contribution in [3.8, 4) is 0 Å². The molecule has 0 aromatic carbocycles. The van der Waals surface area contributed by atoms with Crippen LogP contribution in [-0.2, 0) is 9.53 Å². The maximum Gasteiger partial charge on any atom is 0.249 e. The summed E-state index contributed by atoms with van der Waals surface area (Å²) in [6.45, 7) is 6.44. The Morgan fingerprint density at radius 2 is 2.00 bits per heavy atom. The number of nitrogens with one attached hydrogen (secondary N) is 1. The van der Waals surface area contributed by atoms with Crippen molar-refractivity contribution in [3.05, 3.63) is 0 Å². The smallest absolute Gasteiger partial charge is 0.249 e. The Morgan fingerprint density at radius 1 is 1.37 bits per heavy atom. The highest BCUT2D eigenvalue weighted by molar-refractivity contribution is 5.80. The van der Waals surface area contributed by atoms with E-state index in [2.05, 4.69) is 5.32 Å². The summed E-state index contributed by atoms with van der Waals surface area (Å²) < 4.78 is 5.85. The van der Waals surface area contributed by atoms with E-state index >= 15 is 0 Å². The standard InChI is InChI=1S/C15H29NO3/c1-4-14(19-12-7-5-6-8-12)15(18)16-10-9-13(17)11(2)3/h11-14,17H,4-10H2,1-3H3,(H,16,18). The fraction of sp³-hybridized carbons (Fsp3) is 0.933. The summed E-state index contributed by atoms with van der Waals surface area (Å²) in [5.74, 6) is 0.193. The van der Waals surface area contributed by atoms with Crippen LogP contribution in [-0.4, -0.2) is 35.9 Å². The normalized spacial score (nSPS) is 19.6. The number of aliphatic hydroxyl groups is 1. The summed E-state index contributed by atoms with van der Waals surface area (Å²) >= 11 is 0. The molecule has 0 saturated heterocycles. The second-order valence-electron chi connectivity index (χ2n) is 5.83. The minimum Gasteiger partial charge on any atom is -0.393 e. The van der Waals surface area contributed by atoms with Gasteiger partial charge in [0, 0.05) is 6.54 Å². The average molecular weight is 271 g/mol. The van der Waals surface area contributed by atoms with E-state index in [0.717, 1.165) is 12.8 Å². The van der Waals surface area contributed by atoms with Gasteiger partial charge in [0.2, 0.25) is 5.91 Å². The Labute approximate surface area is 116 Å². The molecule has 1 saturated carbocycles. The Hall–Kier alpha value is -0.610. The maximum absolute atomic E-state index is 12.0. The third kappa shape index (κ3) is 5.91. The van der Waals surface area contributed by atoms with E-state index in [9.17, 15) is 9.90 Å². The van der Waals surface area contributed by atoms with Gasteiger partial charge in [0.05, 0.1) is 12.2 Å². The van der Waals surface area contributed by atoms with Gasteiger partial charge in [-0.05, 0) is 31.6 Å². The number of ether oxygens (including phenoxy) is 1. The van der Waals surface area contributed by atoms with Gasteiger partial charge in [-0.25, -0.2) is 0 Å². The molecule has 4 nitrogen and oxygen atoms in total. The highest BCUT2D eigenvalue weighted by Crippen LogP contribution is 2.22. The molecule has 1 rings (SSSR count). The molecule has 2 N–H and O–H groups in total. The van der Waals surface area contributed by atoms with Crippen LogP contribution >= 0.6 is 0 Å². The van der Waals surface area contributed by atoms with Crippen molar-refractivity contribution in [1.29, 1.82) is 0 Å². The fourth-order valence-electron chi connectivity index (χ4n) is 2.39. The SMILES string of the molecule is CCC(OC1CCCC1)C(=O)NCCC(O)C(C)C. The Morgan fingerprint density at radius 3 is 2.53 bits per heavy atom. The molecule has 0 bridgehead atoms. The number of carbonyl (C=O) groups is 1. The molecular weight excluding hydrogens is 242 g/mol. The number of hydrogen-bond donors (Lipinski definition) is 2. The summed E-state index contributed by atoms with van der Waals surface area (Å²) in [6, 6.07) is 0. The van der Waals surface area contributed by atoms with Gasteiger partial charge >= 0.3 is 0 Å². The quantitative estimate of drug-likeness (QED) is 0.712. The molecular formula is C15H29NO3. The second-order valence-corrected chi connectivity index (χ2v) is 5.83. The minimum absolute atomic E-state index is 0.0367. The summed E-state index contributed by atoms with van der Waals surface area (Å²) in [4.78, 5) is 12.0. The van der Waals surface area contributed by atoms with Crippen molar-refractivity contribution < 1.29 is 14.6 Å². The van der Waals surface area contributed by atoms with Crippen LogP contribution < -0.4 is 5.32 Å². The Kier molecular flexibility index (Phi) is 7.39. The number of amides is 1. The lowest BCUT2D eigenvalue weighted by Gasteiger charge is -2.21. The first kappa shape index (κ1) is 16.4. The van der Waals surface area contributed by atoms with Gasteiger partial charge in [0.1, 0.15) is 6.10 Å². The van der Waals surface area contributed by atoms with Gasteiger partial charge in [0.25, 0.3) is 0 Å². The largest absolute Gasteiger partial charge is 0.393 e. The summed E-state index contributed by atoms with van der Waals surface area (Å²) in [7, 11) is 0. The van der Waals surface area contributed by atoms with Crippen molar-refractivity contribution >= 4 is 5.91 Å². The van der Waals surface area contributed by atoms with Crippen LogP contribution in [0, 0.1) is 5.92 Å². The molecule has 1 fully saturated rings. The molecule has 0 aromatic rings. The average Bonchev–Trinajstić information content (AvgIpc) is 2.88. The van der Waals surface area contributed by atoms with Crippen LogP contribution in [0.25, 0.3) is 0 Å². The predicted octanol–water partition coefficient (Wildman–Crippen LogP) is 2.25. The number of hydrogen-bond acceptors (Lipinski definition) is 3. The van der Waals surface area contributed by atoms with E-state index in [4.69, 9.17) is 4.74 Å². The molecule has 0 aromatic heterocycles. The van der Waals surface area contributed by atoms with Crippen molar-refractivity contribution in [2.24, 2.45) is 5.92 Å². The van der Waals surface area contributed by atoms with E-state index in [-0.39, 0.29) is 30.1 Å². The lowest BCUT2D eigenvalue weighted by atomic mass is 10.0. The molecule has 4 heteroatoms. The van der Waals surface area contributed by atoms with Gasteiger partial charge in [-0.3, -0.25) is 4.79 Å². The minimum atomic E-state index is -0.351. The zero-order valence-corrected chi connectivity index (χ0v) is 12.5. The highest BCUT2D eigenvalue weighted by atomic mass is 16.5. The molecule has 1 amide bonds. The second kappa shape index (κ2) is 8.54. The Bertz CT molecular complexity index is 262. The molecule has 2 unspecified atom stereocenters. The van der Waals surface area contributed by atoms with Crippen molar-refractivity contribution in [2.45, 2.75) is 77.6 Å². The van der Waals surface area contributed by atoms with Crippen LogP contribution in [0.15, 0.2) is 0 Å². The summed E-state index contributed by atoms with van der Waals surface area (Å²) in [5.41, 5.74) is 0. The third-order valence-electron chi connectivity index (χ3n) is 3.83. The van der Waals surface area contributed by atoms with Crippen molar-refractivity contribution in [3.63, 3.8) is 0 Å². The van der Waals surface area contributed by atoms with Gasteiger partial charge < -0.3 is 15.2 Å². The molecule has 0 radical (unpaired) electrons. The van der Waals surface area contributed by atoms with Crippen molar-refractivity contribution in [2.75, 3.05) is 6.54 Å². The van der Waals surface area contributed by atoms with Crippen LogP contribution in [0.3, 0.4) is 0 Å². The van der Waals surface area contributed by atoms with Crippen LogP contribution in [0.5, 0.6) is 0 Å². The summed E-state index contributed by atoms with van der Waals surface area (Å²) in [6.07, 6.45) is 5.46. The molecule has 0 heterocycles. The lowest BCUT2D eigenvalue weighted by Crippen LogP contribution is -2.39. The molecule has 19 heavy (non-hydrogen) atoms. The summed E-state index contributed by atoms with van der Waals surface area (Å²) in [5, 5.41) is 12.6. The van der Waals surface area contributed by atoms with E-state index < -0.39 is 0 Å². The number of rotatable bonds is 8. The zero-order chi connectivity index (χ0) is 14.3. The molecule has 0 aliphatic heterocycles. The molecule has 112 valence electrons. The van der Waals surface area contributed by atoms with E-state index in [0.29, 0.717) is 19.4 Å². The van der Waals surface area contributed by atoms with Gasteiger partial charge in [-0.15, -0.1) is 0 Å². The van der Waals surface area contributed by atoms with E-state index in [1.807, 2.05) is 20.8 Å².